The van der Waals surface area contributed by atoms with Gasteiger partial charge in [0.15, 0.2) is 0 Å². The third-order valence-corrected chi connectivity index (χ3v) is 2.72. The highest BCUT2D eigenvalue weighted by Crippen LogP contribution is 2.05. The van der Waals surface area contributed by atoms with Crippen LogP contribution in [0.25, 0.3) is 0 Å². The van der Waals surface area contributed by atoms with E-state index < -0.39 is 6.16 Å². The van der Waals surface area contributed by atoms with Crippen LogP contribution in [0.15, 0.2) is 54.6 Å². The number of ether oxygens (including phenoxy) is 2. The molecule has 0 aliphatic rings. The van der Waals surface area contributed by atoms with Gasteiger partial charge in [-0.25, -0.2) is 9.18 Å². The van der Waals surface area contributed by atoms with Crippen LogP contribution in [-0.2, 0) is 22.5 Å². The van der Waals surface area contributed by atoms with Gasteiger partial charge in [-0.1, -0.05) is 42.5 Å². The zero-order valence-electron chi connectivity index (χ0n) is 10.9. The van der Waals surface area contributed by atoms with Gasteiger partial charge in [0, 0.05) is 6.42 Å². The maximum absolute atomic E-state index is 12.7. The summed E-state index contributed by atoms with van der Waals surface area (Å²) in [5, 5.41) is 0. The fourth-order valence-corrected chi connectivity index (χ4v) is 1.66. The van der Waals surface area contributed by atoms with E-state index >= 15 is 0 Å². The van der Waals surface area contributed by atoms with Crippen molar-refractivity contribution in [1.82, 2.24) is 0 Å². The lowest BCUT2D eigenvalue weighted by atomic mass is 10.2. The van der Waals surface area contributed by atoms with Crippen molar-refractivity contribution in [3.05, 3.63) is 71.5 Å². The molecule has 20 heavy (non-hydrogen) atoms. The summed E-state index contributed by atoms with van der Waals surface area (Å²) in [5.41, 5.74) is 1.81. The van der Waals surface area contributed by atoms with Crippen LogP contribution in [0, 0.1) is 5.82 Å². The Kier molecular flexibility index (Phi) is 5.12. The first kappa shape index (κ1) is 14.1. The molecule has 4 heteroatoms. The van der Waals surface area contributed by atoms with E-state index in [1.54, 1.807) is 12.1 Å². The Hall–Kier alpha value is -2.36. The van der Waals surface area contributed by atoms with Crippen LogP contribution in [0.4, 0.5) is 9.18 Å². The summed E-state index contributed by atoms with van der Waals surface area (Å²) < 4.78 is 22.6. The van der Waals surface area contributed by atoms with E-state index in [1.165, 1.54) is 12.1 Å². The summed E-state index contributed by atoms with van der Waals surface area (Å²) in [5.74, 6) is -0.281. The third-order valence-electron chi connectivity index (χ3n) is 2.72. The highest BCUT2D eigenvalue weighted by molar-refractivity contribution is 5.59. The molecule has 0 radical (unpaired) electrons. The molecular formula is C16H15FO3. The van der Waals surface area contributed by atoms with E-state index in [2.05, 4.69) is 0 Å². The quantitative estimate of drug-likeness (QED) is 0.779. The minimum atomic E-state index is -0.698. The number of benzene rings is 2. The van der Waals surface area contributed by atoms with Crippen LogP contribution >= 0.6 is 0 Å². The van der Waals surface area contributed by atoms with Crippen LogP contribution in [0.2, 0.25) is 0 Å². The molecule has 0 saturated carbocycles. The zero-order chi connectivity index (χ0) is 14.2. The average molecular weight is 274 g/mol. The fraction of sp³-hybridized carbons (Fsp3) is 0.188. The molecule has 104 valence electrons. The van der Waals surface area contributed by atoms with Gasteiger partial charge >= 0.3 is 6.16 Å². The Bertz CT molecular complexity index is 537. The van der Waals surface area contributed by atoms with E-state index in [0.717, 1.165) is 11.1 Å². The molecule has 0 aliphatic carbocycles. The van der Waals surface area contributed by atoms with Crippen molar-refractivity contribution in [2.24, 2.45) is 0 Å². The smallest absolute Gasteiger partial charge is 0.434 e. The number of carbonyl (C=O) groups is 1. The standard InChI is InChI=1S/C16H15FO3/c17-15-8-6-13(7-9-15)10-11-19-16(18)20-12-14-4-2-1-3-5-14/h1-9H,10-12H2. The van der Waals surface area contributed by atoms with E-state index in [9.17, 15) is 9.18 Å². The van der Waals surface area contributed by atoms with Gasteiger partial charge in [-0.05, 0) is 23.3 Å². The summed E-state index contributed by atoms with van der Waals surface area (Å²) >= 11 is 0. The molecule has 0 atom stereocenters. The van der Waals surface area contributed by atoms with Gasteiger partial charge in [0.1, 0.15) is 12.4 Å². The van der Waals surface area contributed by atoms with Crippen LogP contribution in [-0.4, -0.2) is 12.8 Å². The lowest BCUT2D eigenvalue weighted by Crippen LogP contribution is -2.09. The Balaban J connectivity index is 1.66. The minimum Gasteiger partial charge on any atom is -0.434 e. The van der Waals surface area contributed by atoms with Crippen LogP contribution in [0.1, 0.15) is 11.1 Å². The molecule has 0 N–H and O–H groups in total. The number of hydrogen-bond donors (Lipinski definition) is 0. The molecule has 0 fully saturated rings. The van der Waals surface area contributed by atoms with Crippen molar-refractivity contribution in [3.63, 3.8) is 0 Å². The first-order chi connectivity index (χ1) is 9.74. The Morgan fingerprint density at radius 1 is 0.900 bits per heavy atom. The molecule has 0 aromatic heterocycles. The summed E-state index contributed by atoms with van der Waals surface area (Å²) in [4.78, 5) is 11.4. The third kappa shape index (κ3) is 4.72. The molecule has 0 unspecified atom stereocenters. The summed E-state index contributed by atoms with van der Waals surface area (Å²) in [6.07, 6.45) is -0.170. The maximum atomic E-state index is 12.7. The normalized spacial score (nSPS) is 10.1. The molecule has 3 nitrogen and oxygen atoms in total. The van der Waals surface area contributed by atoms with E-state index in [0.29, 0.717) is 6.42 Å². The van der Waals surface area contributed by atoms with E-state index in [4.69, 9.17) is 9.47 Å². The summed E-state index contributed by atoms with van der Waals surface area (Å²) in [7, 11) is 0. The number of rotatable bonds is 5. The molecule has 2 aromatic rings. The second kappa shape index (κ2) is 7.28. The SMILES string of the molecule is O=C(OCCc1ccc(F)cc1)OCc1ccccc1. The number of hydrogen-bond acceptors (Lipinski definition) is 3. The molecule has 0 bridgehead atoms. The molecule has 0 aliphatic heterocycles. The Labute approximate surface area is 117 Å². The fourth-order valence-electron chi connectivity index (χ4n) is 1.66. The van der Waals surface area contributed by atoms with Gasteiger partial charge in [0.05, 0.1) is 6.61 Å². The Morgan fingerprint density at radius 3 is 2.30 bits per heavy atom. The van der Waals surface area contributed by atoms with Crippen LogP contribution in [0.3, 0.4) is 0 Å². The summed E-state index contributed by atoms with van der Waals surface area (Å²) in [6.45, 7) is 0.398. The van der Waals surface area contributed by atoms with Crippen molar-refractivity contribution in [3.8, 4) is 0 Å². The first-order valence-corrected chi connectivity index (χ1v) is 6.32. The minimum absolute atomic E-state index is 0.191. The van der Waals surface area contributed by atoms with E-state index in [-0.39, 0.29) is 19.0 Å². The lowest BCUT2D eigenvalue weighted by Gasteiger charge is -2.06. The average Bonchev–Trinajstić information content (AvgIpc) is 2.48. The van der Waals surface area contributed by atoms with Crippen molar-refractivity contribution >= 4 is 6.16 Å². The van der Waals surface area contributed by atoms with Gasteiger partial charge in [0.2, 0.25) is 0 Å². The highest BCUT2D eigenvalue weighted by Gasteiger charge is 2.04. The predicted molar refractivity (Wildman–Crippen MR) is 72.7 cm³/mol. The largest absolute Gasteiger partial charge is 0.508 e. The molecule has 2 aromatic carbocycles. The van der Waals surface area contributed by atoms with Gasteiger partial charge < -0.3 is 9.47 Å². The van der Waals surface area contributed by atoms with Crippen LogP contribution in [0.5, 0.6) is 0 Å². The second-order valence-corrected chi connectivity index (χ2v) is 4.25. The van der Waals surface area contributed by atoms with Crippen molar-refractivity contribution in [2.45, 2.75) is 13.0 Å². The molecule has 0 heterocycles. The Morgan fingerprint density at radius 2 is 1.60 bits per heavy atom. The monoisotopic (exact) mass is 274 g/mol. The topological polar surface area (TPSA) is 35.5 Å². The number of carbonyl (C=O) groups excluding carboxylic acids is 1. The predicted octanol–water partition coefficient (Wildman–Crippen LogP) is 3.72. The lowest BCUT2D eigenvalue weighted by molar-refractivity contribution is 0.0507. The van der Waals surface area contributed by atoms with Crippen molar-refractivity contribution in [1.29, 1.82) is 0 Å². The highest BCUT2D eigenvalue weighted by atomic mass is 19.1. The molecular weight excluding hydrogens is 259 g/mol. The summed E-state index contributed by atoms with van der Waals surface area (Å²) in [6, 6.07) is 15.5. The second-order valence-electron chi connectivity index (χ2n) is 4.25. The van der Waals surface area contributed by atoms with Gasteiger partial charge in [-0.2, -0.15) is 0 Å². The zero-order valence-corrected chi connectivity index (χ0v) is 10.9. The first-order valence-electron chi connectivity index (χ1n) is 6.32. The molecule has 0 spiro atoms. The molecule has 0 saturated heterocycles. The van der Waals surface area contributed by atoms with Crippen LogP contribution < -0.4 is 0 Å². The molecule has 0 amide bonds. The van der Waals surface area contributed by atoms with Gasteiger partial charge in [-0.15, -0.1) is 0 Å². The van der Waals surface area contributed by atoms with Gasteiger partial charge in [-0.3, -0.25) is 0 Å². The van der Waals surface area contributed by atoms with Gasteiger partial charge in [0.25, 0.3) is 0 Å². The van der Waals surface area contributed by atoms with Crippen molar-refractivity contribution in [2.75, 3.05) is 6.61 Å². The maximum Gasteiger partial charge on any atom is 0.508 e. The number of halogens is 1. The van der Waals surface area contributed by atoms with E-state index in [1.807, 2.05) is 30.3 Å². The molecule has 2 rings (SSSR count). The van der Waals surface area contributed by atoms with Crippen molar-refractivity contribution < 1.29 is 18.7 Å².